The predicted molar refractivity (Wildman–Crippen MR) is 86.5 cm³/mol. The lowest BCUT2D eigenvalue weighted by Gasteiger charge is -2.34. The molecule has 0 unspecified atom stereocenters. The Morgan fingerprint density at radius 3 is 1.61 bits per heavy atom. The monoisotopic (exact) mass is 330 g/mol. The molecule has 0 nitrogen and oxygen atoms in total. The van der Waals surface area contributed by atoms with Gasteiger partial charge >= 0.3 is 0 Å². The molecule has 0 atom stereocenters. The van der Waals surface area contributed by atoms with Crippen molar-refractivity contribution in [3.63, 3.8) is 0 Å². The van der Waals surface area contributed by atoms with Gasteiger partial charge in [-0.2, -0.15) is 10.0 Å². The molecule has 0 radical (unpaired) electrons. The largest absolute Gasteiger partial charge is 0.207 e. The van der Waals surface area contributed by atoms with E-state index in [0.717, 1.165) is 33.1 Å². The summed E-state index contributed by atoms with van der Waals surface area (Å²) in [5.74, 6) is -2.55. The van der Waals surface area contributed by atoms with E-state index in [0.29, 0.717) is 0 Å². The molecule has 0 aliphatic carbocycles. The molecule has 4 heteroatoms. The van der Waals surface area contributed by atoms with Crippen LogP contribution in [0.15, 0.2) is 75.4 Å². The van der Waals surface area contributed by atoms with Crippen LogP contribution in [0.5, 0.6) is 0 Å². The summed E-state index contributed by atoms with van der Waals surface area (Å²) in [6.07, 6.45) is 1.87. The fraction of sp³-hybridized carbons (Fsp3) is 0.0526. The summed E-state index contributed by atoms with van der Waals surface area (Å²) in [5, 5.41) is 0. The topological polar surface area (TPSA) is 0 Å². The third-order valence-corrected chi connectivity index (χ3v) is 7.99. The maximum atomic E-state index is 14.5. The van der Waals surface area contributed by atoms with Gasteiger partial charge in [0.25, 0.3) is 0 Å². The highest BCUT2D eigenvalue weighted by atomic mass is 32.3. The lowest BCUT2D eigenvalue weighted by atomic mass is 10.1. The third-order valence-electron chi connectivity index (χ3n) is 4.32. The van der Waals surface area contributed by atoms with Crippen LogP contribution in [0.3, 0.4) is 0 Å². The second-order valence-corrected chi connectivity index (χ2v) is 8.73. The first-order valence-electron chi connectivity index (χ1n) is 7.15. The molecule has 116 valence electrons. The number of hydrogen-bond donors (Lipinski definition) is 0. The Hall–Kier alpha value is -2.20. The first kappa shape index (κ1) is 14.4. The summed E-state index contributed by atoms with van der Waals surface area (Å²) in [6, 6.07) is 16.8. The summed E-state index contributed by atoms with van der Waals surface area (Å²) in [5.41, 5.74) is 1.98. The quantitative estimate of drug-likeness (QED) is 0.513. The van der Waals surface area contributed by atoms with E-state index in [-0.39, 0.29) is 4.90 Å². The summed E-state index contributed by atoms with van der Waals surface area (Å²) in [6.45, 7) is 0. The van der Waals surface area contributed by atoms with Gasteiger partial charge in [0.05, 0.1) is 4.90 Å². The first-order chi connectivity index (χ1) is 11.0. The molecule has 1 aliphatic rings. The lowest BCUT2D eigenvalue weighted by Crippen LogP contribution is -2.04. The molecule has 0 N–H and O–H groups in total. The van der Waals surface area contributed by atoms with Crippen LogP contribution in [0.25, 0.3) is 11.1 Å². The van der Waals surface area contributed by atoms with Gasteiger partial charge in [0.15, 0.2) is 0 Å². The van der Waals surface area contributed by atoms with Gasteiger partial charge in [0.2, 0.25) is 0 Å². The molecule has 3 aromatic carbocycles. The van der Waals surface area contributed by atoms with Gasteiger partial charge in [-0.15, -0.1) is 0 Å². The predicted octanol–water partition coefficient (Wildman–Crippen LogP) is 6.00. The van der Waals surface area contributed by atoms with Crippen LogP contribution >= 0.6 is 10.0 Å². The Kier molecular flexibility index (Phi) is 3.07. The second kappa shape index (κ2) is 4.90. The third kappa shape index (κ3) is 1.88. The summed E-state index contributed by atoms with van der Waals surface area (Å²) >= 11 is 0. The molecular formula is C19H13F3S. The van der Waals surface area contributed by atoms with Crippen LogP contribution in [0.2, 0.25) is 0 Å². The average molecular weight is 330 g/mol. The summed E-state index contributed by atoms with van der Waals surface area (Å²) in [7, 11) is -2.10. The van der Waals surface area contributed by atoms with Gasteiger partial charge in [-0.05, 0) is 29.5 Å². The number of benzene rings is 3. The Balaban J connectivity index is 2.13. The minimum atomic E-state index is -2.10. The second-order valence-electron chi connectivity index (χ2n) is 5.61. The molecule has 23 heavy (non-hydrogen) atoms. The van der Waals surface area contributed by atoms with Crippen LogP contribution in [0.4, 0.5) is 13.2 Å². The normalized spacial score (nSPS) is 15.8. The molecule has 0 amide bonds. The Bertz CT molecular complexity index is 865. The van der Waals surface area contributed by atoms with Gasteiger partial charge in [-0.25, -0.2) is 13.2 Å². The molecule has 0 spiro atoms. The van der Waals surface area contributed by atoms with Gasteiger partial charge < -0.3 is 0 Å². The van der Waals surface area contributed by atoms with Crippen molar-refractivity contribution in [1.82, 2.24) is 0 Å². The van der Waals surface area contributed by atoms with Crippen LogP contribution in [0, 0.1) is 17.5 Å². The molecule has 1 aliphatic heterocycles. The van der Waals surface area contributed by atoms with E-state index in [2.05, 4.69) is 0 Å². The Labute approximate surface area is 133 Å². The zero-order valence-electron chi connectivity index (χ0n) is 12.3. The molecular weight excluding hydrogens is 317 g/mol. The SMILES string of the molecule is CS1(c2c(F)cc(F)cc2F)c2ccccc2-c2ccccc21. The fourth-order valence-electron chi connectivity index (χ4n) is 3.35. The maximum Gasteiger partial charge on any atom is 0.141 e. The van der Waals surface area contributed by atoms with Gasteiger partial charge in [0, 0.05) is 21.9 Å². The standard InChI is InChI=1S/C19H13F3S/c1-23(19-15(21)10-12(20)11-16(19)22)17-8-4-2-6-13(17)14-7-3-5-9-18(14)23/h2-11H,1H3. The average Bonchev–Trinajstić information content (AvgIpc) is 2.78. The maximum absolute atomic E-state index is 14.5. The highest BCUT2D eigenvalue weighted by Crippen LogP contribution is 2.74. The van der Waals surface area contributed by atoms with Crippen LogP contribution in [-0.4, -0.2) is 6.26 Å². The van der Waals surface area contributed by atoms with Crippen molar-refractivity contribution in [1.29, 1.82) is 0 Å². The molecule has 4 rings (SSSR count). The number of rotatable bonds is 1. The zero-order valence-corrected chi connectivity index (χ0v) is 13.1. The van der Waals surface area contributed by atoms with E-state index in [1.807, 2.05) is 54.8 Å². The first-order valence-corrected chi connectivity index (χ1v) is 9.19. The van der Waals surface area contributed by atoms with Crippen molar-refractivity contribution < 1.29 is 13.2 Å². The Morgan fingerprint density at radius 2 is 1.13 bits per heavy atom. The summed E-state index contributed by atoms with van der Waals surface area (Å²) < 4.78 is 42.4. The van der Waals surface area contributed by atoms with Crippen LogP contribution < -0.4 is 0 Å². The van der Waals surface area contributed by atoms with Crippen molar-refractivity contribution >= 4 is 10.0 Å². The highest BCUT2D eigenvalue weighted by molar-refractivity contribution is 8.33. The highest BCUT2D eigenvalue weighted by Gasteiger charge is 2.40. The molecule has 0 saturated carbocycles. The van der Waals surface area contributed by atoms with E-state index < -0.39 is 27.5 Å². The van der Waals surface area contributed by atoms with E-state index >= 15 is 0 Å². The molecule has 0 saturated heterocycles. The van der Waals surface area contributed by atoms with E-state index in [4.69, 9.17) is 0 Å². The van der Waals surface area contributed by atoms with Gasteiger partial charge in [0.1, 0.15) is 17.5 Å². The summed E-state index contributed by atoms with van der Waals surface area (Å²) in [4.78, 5) is 1.78. The minimum Gasteiger partial charge on any atom is -0.207 e. The Morgan fingerprint density at radius 1 is 0.696 bits per heavy atom. The van der Waals surface area contributed by atoms with Crippen molar-refractivity contribution in [2.75, 3.05) is 6.26 Å². The lowest BCUT2D eigenvalue weighted by molar-refractivity contribution is 0.509. The molecule has 1 heterocycles. The van der Waals surface area contributed by atoms with Crippen molar-refractivity contribution in [3.05, 3.63) is 78.1 Å². The zero-order chi connectivity index (χ0) is 16.2. The molecule has 3 aromatic rings. The fourth-order valence-corrected chi connectivity index (χ4v) is 6.86. The van der Waals surface area contributed by atoms with Crippen molar-refractivity contribution in [2.45, 2.75) is 14.7 Å². The number of halogens is 3. The van der Waals surface area contributed by atoms with Crippen LogP contribution in [0.1, 0.15) is 0 Å². The minimum absolute atomic E-state index is 0.0312. The van der Waals surface area contributed by atoms with Gasteiger partial charge in [-0.1, -0.05) is 36.4 Å². The number of fused-ring (bicyclic) bond motifs is 3. The van der Waals surface area contributed by atoms with E-state index in [1.54, 1.807) is 0 Å². The van der Waals surface area contributed by atoms with E-state index in [9.17, 15) is 13.2 Å². The van der Waals surface area contributed by atoms with Gasteiger partial charge in [-0.3, -0.25) is 0 Å². The smallest absolute Gasteiger partial charge is 0.141 e. The van der Waals surface area contributed by atoms with Crippen molar-refractivity contribution in [3.8, 4) is 11.1 Å². The molecule has 0 bridgehead atoms. The molecule has 0 fully saturated rings. The van der Waals surface area contributed by atoms with E-state index in [1.165, 1.54) is 0 Å². The van der Waals surface area contributed by atoms with Crippen molar-refractivity contribution in [2.24, 2.45) is 0 Å². The number of hydrogen-bond acceptors (Lipinski definition) is 0. The van der Waals surface area contributed by atoms with Crippen LogP contribution in [-0.2, 0) is 0 Å². The molecule has 0 aromatic heterocycles.